The number of methoxy groups -OCH3 is 1. The molecular formula is C4H8O2. The summed E-state index contributed by atoms with van der Waals surface area (Å²) < 4.78 is 30.8. The van der Waals surface area contributed by atoms with Crippen molar-refractivity contribution < 1.29 is 15.0 Å². The lowest BCUT2D eigenvalue weighted by Gasteiger charge is -1.87. The first kappa shape index (κ1) is 1.52. The third-order valence-corrected chi connectivity index (χ3v) is 0.303. The van der Waals surface area contributed by atoms with Crippen LogP contribution in [-0.4, -0.2) is 13.1 Å². The monoisotopic (exact) mass is 92.1 g/mol. The summed E-state index contributed by atoms with van der Waals surface area (Å²) in [5, 5.41) is 0. The second kappa shape index (κ2) is 2.69. The van der Waals surface area contributed by atoms with E-state index < -0.39 is 19.2 Å². The first-order valence-corrected chi connectivity index (χ1v) is 1.36. The van der Waals surface area contributed by atoms with Gasteiger partial charge in [-0.1, -0.05) is 6.88 Å². The predicted molar refractivity (Wildman–Crippen MR) is 22.3 cm³/mol. The van der Waals surface area contributed by atoms with Crippen molar-refractivity contribution in [1.29, 1.82) is 0 Å². The Bertz CT molecular complexity index is 133. The third-order valence-electron chi connectivity index (χ3n) is 0.303. The summed E-state index contributed by atoms with van der Waals surface area (Å²) in [6, 6.07) is 0. The van der Waals surface area contributed by atoms with E-state index in [1.165, 1.54) is 0 Å². The van der Waals surface area contributed by atoms with Crippen LogP contribution in [0.15, 0.2) is 0 Å². The Kier molecular flexibility index (Phi) is 0.684. The topological polar surface area (TPSA) is 26.3 Å². The lowest BCUT2D eigenvalue weighted by Crippen LogP contribution is -1.94. The summed E-state index contributed by atoms with van der Waals surface area (Å²) in [4.78, 5) is 10.4. The van der Waals surface area contributed by atoms with Gasteiger partial charge in [0.05, 0.1) is 7.11 Å². The minimum atomic E-state index is -2.52. The van der Waals surface area contributed by atoms with Crippen molar-refractivity contribution in [3.8, 4) is 0 Å². The first-order valence-electron chi connectivity index (χ1n) is 3.51. The van der Waals surface area contributed by atoms with Gasteiger partial charge in [0.1, 0.15) is 0 Å². The molecule has 2 heteroatoms. The maximum Gasteiger partial charge on any atom is 0.305 e. The Balaban J connectivity index is 4.24. The van der Waals surface area contributed by atoms with E-state index in [0.717, 1.165) is 7.11 Å². The maximum atomic E-state index is 10.4. The summed E-state index contributed by atoms with van der Waals surface area (Å²) in [7, 11) is 1.02. The molecule has 0 amide bonds. The molecule has 0 aliphatic heterocycles. The zero-order chi connectivity index (χ0) is 8.36. The molecule has 0 N–H and O–H groups in total. The second-order valence-electron chi connectivity index (χ2n) is 0.636. The molecular weight excluding hydrogens is 80.0 g/mol. The quantitative estimate of drug-likeness (QED) is 0.442. The molecule has 0 rings (SSSR count). The van der Waals surface area contributed by atoms with Gasteiger partial charge >= 0.3 is 5.97 Å². The van der Waals surface area contributed by atoms with Crippen LogP contribution in [0.2, 0.25) is 0 Å². The predicted octanol–water partition coefficient (Wildman–Crippen LogP) is 0.569. The molecule has 0 fully saturated rings. The highest BCUT2D eigenvalue weighted by molar-refractivity contribution is 5.68. The fourth-order valence-electron chi connectivity index (χ4n) is 0.0589. The van der Waals surface area contributed by atoms with Crippen LogP contribution in [0.5, 0.6) is 0 Å². The van der Waals surface area contributed by atoms with E-state index in [0.29, 0.717) is 0 Å². The molecule has 2 nitrogen and oxygen atoms in total. The average molecular weight is 92.1 g/mol. The number of hydrogen-bond acceptors (Lipinski definition) is 2. The number of rotatable bonds is 1. The van der Waals surface area contributed by atoms with Crippen LogP contribution in [0.4, 0.5) is 0 Å². The minimum absolute atomic E-state index is 1.02. The fourth-order valence-corrected chi connectivity index (χ4v) is 0.0589. The Morgan fingerprint density at radius 2 is 3.00 bits per heavy atom. The van der Waals surface area contributed by atoms with Gasteiger partial charge in [-0.2, -0.15) is 0 Å². The molecule has 0 aromatic carbocycles. The molecule has 36 valence electrons. The SMILES string of the molecule is [2H]C([2H])C([2H])([2H])C(=O)OC. The van der Waals surface area contributed by atoms with Gasteiger partial charge < -0.3 is 4.74 Å². The lowest BCUT2D eigenvalue weighted by molar-refractivity contribution is -0.140. The van der Waals surface area contributed by atoms with E-state index in [4.69, 9.17) is 5.48 Å². The van der Waals surface area contributed by atoms with Gasteiger partial charge in [0.15, 0.2) is 0 Å². The van der Waals surface area contributed by atoms with Crippen molar-refractivity contribution in [3.05, 3.63) is 0 Å². The van der Waals surface area contributed by atoms with E-state index in [-0.39, 0.29) is 0 Å². The average Bonchev–Trinajstić information content (AvgIpc) is 1.86. The van der Waals surface area contributed by atoms with E-state index in [1.54, 1.807) is 0 Å². The van der Waals surface area contributed by atoms with Crippen molar-refractivity contribution in [2.75, 3.05) is 7.11 Å². The molecule has 0 spiro atoms. The highest BCUT2D eigenvalue weighted by Crippen LogP contribution is 1.76. The molecule has 0 unspecified atom stereocenters. The van der Waals surface area contributed by atoms with E-state index in [1.807, 2.05) is 0 Å². The van der Waals surface area contributed by atoms with E-state index >= 15 is 0 Å². The van der Waals surface area contributed by atoms with Crippen LogP contribution in [0.1, 0.15) is 18.7 Å². The van der Waals surface area contributed by atoms with Crippen molar-refractivity contribution in [2.45, 2.75) is 13.2 Å². The van der Waals surface area contributed by atoms with Crippen LogP contribution < -0.4 is 0 Å². The molecule has 0 aliphatic rings. The number of esters is 1. The van der Waals surface area contributed by atoms with Crippen LogP contribution in [-0.2, 0) is 9.53 Å². The van der Waals surface area contributed by atoms with Gasteiger partial charge in [-0.3, -0.25) is 4.79 Å². The molecule has 0 heterocycles. The number of ether oxygens (including phenoxy) is 1. The molecule has 0 radical (unpaired) electrons. The summed E-state index contributed by atoms with van der Waals surface area (Å²) >= 11 is 0. The molecule has 0 saturated heterocycles. The molecule has 0 aliphatic carbocycles. The summed E-state index contributed by atoms with van der Waals surface area (Å²) in [5.41, 5.74) is 0. The molecule has 0 aromatic rings. The van der Waals surface area contributed by atoms with Gasteiger partial charge in [0, 0.05) is 11.9 Å². The Labute approximate surface area is 42.7 Å². The van der Waals surface area contributed by atoms with Gasteiger partial charge in [-0.15, -0.1) is 0 Å². The number of carbonyl (C=O) groups excluding carboxylic acids is 1. The Morgan fingerprint density at radius 3 is 3.17 bits per heavy atom. The standard InChI is InChI=1S/C4H8O2/c1-3-4(5)6-2/h3H2,1-2H3/i1D2,3D2. The summed E-state index contributed by atoms with van der Waals surface area (Å²) in [5.74, 6) is -1.18. The molecule has 0 saturated carbocycles. The zero-order valence-corrected chi connectivity index (χ0v) is 3.39. The van der Waals surface area contributed by atoms with Crippen molar-refractivity contribution >= 4 is 5.97 Å². The fraction of sp³-hybridized carbons (Fsp3) is 0.750. The van der Waals surface area contributed by atoms with Crippen LogP contribution in [0.3, 0.4) is 0 Å². The highest BCUT2D eigenvalue weighted by Gasteiger charge is 1.87. The van der Waals surface area contributed by atoms with Crippen molar-refractivity contribution in [1.82, 2.24) is 0 Å². The normalized spacial score (nSPS) is 20.3. The number of carbonyl (C=O) groups is 1. The summed E-state index contributed by atoms with van der Waals surface area (Å²) in [6.45, 7) is -1.85. The Hall–Kier alpha value is -0.530. The van der Waals surface area contributed by atoms with Gasteiger partial charge in [0.25, 0.3) is 0 Å². The molecule has 0 atom stereocenters. The Morgan fingerprint density at radius 1 is 2.33 bits per heavy atom. The van der Waals surface area contributed by atoms with Crippen molar-refractivity contribution in [3.63, 3.8) is 0 Å². The molecule has 0 bridgehead atoms. The highest BCUT2D eigenvalue weighted by atomic mass is 16.5. The zero-order valence-electron chi connectivity index (χ0n) is 7.39. The second-order valence-corrected chi connectivity index (χ2v) is 0.636. The molecule has 6 heavy (non-hydrogen) atoms. The maximum absolute atomic E-state index is 10.4. The summed E-state index contributed by atoms with van der Waals surface area (Å²) in [6.07, 6.45) is -2.52. The van der Waals surface area contributed by atoms with Gasteiger partial charge in [-0.25, -0.2) is 0 Å². The lowest BCUT2D eigenvalue weighted by atomic mass is 10.5. The third kappa shape index (κ3) is 1.76. The number of hydrogen-bond donors (Lipinski definition) is 0. The van der Waals surface area contributed by atoms with Crippen molar-refractivity contribution in [2.24, 2.45) is 0 Å². The van der Waals surface area contributed by atoms with Crippen LogP contribution in [0, 0.1) is 0 Å². The van der Waals surface area contributed by atoms with E-state index in [9.17, 15) is 4.79 Å². The smallest absolute Gasteiger partial charge is 0.305 e. The van der Waals surface area contributed by atoms with Crippen LogP contribution in [0.25, 0.3) is 0 Å². The van der Waals surface area contributed by atoms with E-state index in [2.05, 4.69) is 4.74 Å². The van der Waals surface area contributed by atoms with Crippen LogP contribution >= 0.6 is 0 Å². The van der Waals surface area contributed by atoms with Gasteiger partial charge in [0.2, 0.25) is 0 Å². The van der Waals surface area contributed by atoms with Gasteiger partial charge in [-0.05, 0) is 0 Å². The largest absolute Gasteiger partial charge is 0.469 e. The minimum Gasteiger partial charge on any atom is -0.469 e. The molecule has 0 aromatic heterocycles. The first-order chi connectivity index (χ1) is 4.42.